The van der Waals surface area contributed by atoms with Gasteiger partial charge in [-0.2, -0.15) is 0 Å². The molecule has 0 aromatic heterocycles. The van der Waals surface area contributed by atoms with Crippen LogP contribution in [-0.2, 0) is 14.3 Å². The van der Waals surface area contributed by atoms with Gasteiger partial charge in [-0.3, -0.25) is 9.59 Å². The largest absolute Gasteiger partial charge is 0.468 e. The number of methoxy groups -OCH3 is 1. The Bertz CT molecular complexity index is 1380. The van der Waals surface area contributed by atoms with Gasteiger partial charge >= 0.3 is 5.97 Å². The van der Waals surface area contributed by atoms with E-state index in [1.165, 1.54) is 32.8 Å². The molecule has 0 spiro atoms. The standard InChI is InChI=1S/C38H51BrO3/c1-23-14-16-34(3)18-19-36(5)28(31(34)24(23)2)12-13-29-35(4)22-26(20-25-10-9-11-27(39)21-25)32(40)38(7,33(41)42-8)30(35)15-17-37(29,36)6/h9-12,20-21,23-24,29-31H,13-19,22H2,1-8H3/b26-20+/t23-,24+,29-,30-,31+,34-,35-,36-,37-,38-/m1/s1. The molecule has 10 atom stereocenters. The summed E-state index contributed by atoms with van der Waals surface area (Å²) in [4.78, 5) is 28.0. The third-order valence-electron chi connectivity index (χ3n) is 14.5. The van der Waals surface area contributed by atoms with Gasteiger partial charge in [0.1, 0.15) is 5.41 Å². The van der Waals surface area contributed by atoms with Crippen LogP contribution in [0.2, 0.25) is 0 Å². The number of esters is 1. The fourth-order valence-electron chi connectivity index (χ4n) is 11.8. The molecule has 5 aliphatic rings. The van der Waals surface area contributed by atoms with Crippen molar-refractivity contribution in [2.24, 2.45) is 56.7 Å². The quantitative estimate of drug-likeness (QED) is 0.141. The van der Waals surface area contributed by atoms with Gasteiger partial charge in [-0.15, -0.1) is 0 Å². The Morgan fingerprint density at radius 3 is 2.43 bits per heavy atom. The lowest BCUT2D eigenvalue weighted by molar-refractivity contribution is -0.192. The number of ether oxygens (including phenoxy) is 1. The number of fused-ring (bicyclic) bond motifs is 7. The van der Waals surface area contributed by atoms with Crippen molar-refractivity contribution in [2.45, 2.75) is 99.8 Å². The summed E-state index contributed by atoms with van der Waals surface area (Å²) in [6.45, 7) is 17.1. The van der Waals surface area contributed by atoms with Crippen molar-refractivity contribution >= 4 is 33.8 Å². The van der Waals surface area contributed by atoms with E-state index in [4.69, 9.17) is 4.74 Å². The van der Waals surface area contributed by atoms with E-state index in [-0.39, 0.29) is 33.9 Å². The predicted molar refractivity (Wildman–Crippen MR) is 173 cm³/mol. The SMILES string of the molecule is COC(=O)[C@@]1(C)C(=O)/C(=C/c2cccc(Br)c2)C[C@]2(C)[C@H]3CC=C4[C@@H]5[C@@H](C)[C@H](C)CC[C@]5(C)CC[C@@]4(C)[C@]3(C)CC[C@@H]12. The van der Waals surface area contributed by atoms with Crippen molar-refractivity contribution in [3.63, 3.8) is 0 Å². The highest BCUT2D eigenvalue weighted by atomic mass is 79.9. The minimum Gasteiger partial charge on any atom is -0.468 e. The van der Waals surface area contributed by atoms with Gasteiger partial charge in [-0.05, 0) is 139 Å². The molecular formula is C38H51BrO3. The van der Waals surface area contributed by atoms with E-state index in [2.05, 4.69) is 69.6 Å². The normalized spacial score (nSPS) is 47.5. The molecule has 42 heavy (non-hydrogen) atoms. The average molecular weight is 636 g/mol. The molecule has 228 valence electrons. The number of benzene rings is 1. The number of carbonyl (C=O) groups excluding carboxylic acids is 2. The number of Topliss-reactive ketones (excluding diaryl/α,β-unsaturated/α-hetero) is 1. The zero-order valence-electron chi connectivity index (χ0n) is 27.1. The first kappa shape index (κ1) is 30.4. The maximum atomic E-state index is 14.3. The first-order valence-electron chi connectivity index (χ1n) is 16.5. The van der Waals surface area contributed by atoms with Crippen LogP contribution in [0.15, 0.2) is 46.0 Å². The van der Waals surface area contributed by atoms with Crippen LogP contribution < -0.4 is 0 Å². The van der Waals surface area contributed by atoms with Crippen molar-refractivity contribution in [2.75, 3.05) is 7.11 Å². The fraction of sp³-hybridized carbons (Fsp3) is 0.684. The van der Waals surface area contributed by atoms with Crippen LogP contribution in [-0.4, -0.2) is 18.9 Å². The Balaban J connectivity index is 1.48. The molecule has 0 radical (unpaired) electrons. The molecule has 6 rings (SSSR count). The maximum Gasteiger partial charge on any atom is 0.319 e. The van der Waals surface area contributed by atoms with Gasteiger partial charge in [-0.1, -0.05) is 81.3 Å². The smallest absolute Gasteiger partial charge is 0.319 e. The van der Waals surface area contributed by atoms with Crippen molar-refractivity contribution in [1.82, 2.24) is 0 Å². The van der Waals surface area contributed by atoms with Crippen molar-refractivity contribution in [1.29, 1.82) is 0 Å². The highest BCUT2D eigenvalue weighted by Crippen LogP contribution is 2.75. The Labute approximate surface area is 262 Å². The van der Waals surface area contributed by atoms with Crippen LogP contribution in [0.1, 0.15) is 105 Å². The van der Waals surface area contributed by atoms with Gasteiger partial charge in [0.2, 0.25) is 0 Å². The van der Waals surface area contributed by atoms with Gasteiger partial charge < -0.3 is 4.74 Å². The van der Waals surface area contributed by atoms with Crippen LogP contribution in [0.25, 0.3) is 6.08 Å². The second-order valence-electron chi connectivity index (χ2n) is 16.2. The molecule has 4 saturated carbocycles. The van der Waals surface area contributed by atoms with E-state index >= 15 is 0 Å². The summed E-state index contributed by atoms with van der Waals surface area (Å²) < 4.78 is 6.41. The molecule has 0 heterocycles. The summed E-state index contributed by atoms with van der Waals surface area (Å²) >= 11 is 3.60. The molecule has 1 aromatic carbocycles. The molecule has 0 saturated heterocycles. The molecule has 3 nitrogen and oxygen atoms in total. The summed E-state index contributed by atoms with van der Waals surface area (Å²) in [5.41, 5.74) is 2.80. The van der Waals surface area contributed by atoms with Gasteiger partial charge in [-0.25, -0.2) is 0 Å². The number of allylic oxidation sites excluding steroid dienone is 3. The Morgan fingerprint density at radius 2 is 1.74 bits per heavy atom. The fourth-order valence-corrected chi connectivity index (χ4v) is 12.2. The van der Waals surface area contributed by atoms with E-state index in [0.29, 0.717) is 29.6 Å². The van der Waals surface area contributed by atoms with E-state index in [1.807, 2.05) is 31.2 Å². The number of carbonyl (C=O) groups is 2. The molecule has 5 aliphatic carbocycles. The van der Waals surface area contributed by atoms with E-state index in [9.17, 15) is 9.59 Å². The van der Waals surface area contributed by atoms with Crippen LogP contribution >= 0.6 is 15.9 Å². The summed E-state index contributed by atoms with van der Waals surface area (Å²) in [5, 5.41) is 0. The van der Waals surface area contributed by atoms with Crippen LogP contribution in [0, 0.1) is 56.7 Å². The van der Waals surface area contributed by atoms with Crippen LogP contribution in [0.5, 0.6) is 0 Å². The van der Waals surface area contributed by atoms with E-state index in [1.54, 1.807) is 5.57 Å². The highest BCUT2D eigenvalue weighted by molar-refractivity contribution is 9.10. The summed E-state index contributed by atoms with van der Waals surface area (Å²) in [6.07, 6.45) is 13.7. The Morgan fingerprint density at radius 1 is 1.00 bits per heavy atom. The number of hydrogen-bond donors (Lipinski definition) is 0. The topological polar surface area (TPSA) is 43.4 Å². The summed E-state index contributed by atoms with van der Waals surface area (Å²) in [5.74, 6) is 2.06. The number of hydrogen-bond acceptors (Lipinski definition) is 3. The zero-order chi connectivity index (χ0) is 30.5. The minimum atomic E-state index is -1.18. The lowest BCUT2D eigenvalue weighted by Crippen LogP contribution is -2.66. The van der Waals surface area contributed by atoms with Gasteiger partial charge in [0.15, 0.2) is 5.78 Å². The lowest BCUT2D eigenvalue weighted by Gasteiger charge is -2.71. The molecule has 4 heteroatoms. The second kappa shape index (κ2) is 9.91. The average Bonchev–Trinajstić information content (AvgIpc) is 2.94. The molecule has 0 amide bonds. The monoisotopic (exact) mass is 634 g/mol. The van der Waals surface area contributed by atoms with E-state index in [0.717, 1.165) is 40.8 Å². The zero-order valence-corrected chi connectivity index (χ0v) is 28.7. The van der Waals surface area contributed by atoms with Gasteiger partial charge in [0.25, 0.3) is 0 Å². The molecule has 0 unspecified atom stereocenters. The molecule has 4 fully saturated rings. The van der Waals surface area contributed by atoms with Crippen molar-refractivity contribution in [3.8, 4) is 0 Å². The van der Waals surface area contributed by atoms with Crippen LogP contribution in [0.3, 0.4) is 0 Å². The number of ketones is 1. The lowest BCUT2D eigenvalue weighted by atomic mass is 9.33. The van der Waals surface area contributed by atoms with Crippen molar-refractivity contribution < 1.29 is 14.3 Å². The number of rotatable bonds is 2. The Kier molecular flexibility index (Phi) is 7.16. The third-order valence-corrected chi connectivity index (χ3v) is 15.0. The highest BCUT2D eigenvalue weighted by Gasteiger charge is 2.70. The summed E-state index contributed by atoms with van der Waals surface area (Å²) in [6, 6.07) is 8.10. The maximum absolute atomic E-state index is 14.3. The molecule has 0 aliphatic heterocycles. The molecule has 1 aromatic rings. The van der Waals surface area contributed by atoms with Crippen molar-refractivity contribution in [3.05, 3.63) is 51.5 Å². The van der Waals surface area contributed by atoms with E-state index < -0.39 is 5.41 Å². The van der Waals surface area contributed by atoms with Crippen LogP contribution in [0.4, 0.5) is 0 Å². The first-order valence-corrected chi connectivity index (χ1v) is 17.2. The Hall–Kier alpha value is -1.68. The molecule has 0 N–H and O–H groups in total. The second-order valence-corrected chi connectivity index (χ2v) is 17.1. The van der Waals surface area contributed by atoms with Gasteiger partial charge in [0, 0.05) is 4.47 Å². The number of halogens is 1. The van der Waals surface area contributed by atoms with Gasteiger partial charge in [0.05, 0.1) is 7.11 Å². The molecule has 0 bridgehead atoms. The molecular weight excluding hydrogens is 584 g/mol. The minimum absolute atomic E-state index is 0.0382. The first-order chi connectivity index (χ1) is 19.7. The predicted octanol–water partition coefficient (Wildman–Crippen LogP) is 9.84. The third kappa shape index (κ3) is 3.94. The summed E-state index contributed by atoms with van der Waals surface area (Å²) in [7, 11) is 1.44.